The molecule has 1 aliphatic rings. The van der Waals surface area contributed by atoms with E-state index < -0.39 is 5.97 Å². The predicted octanol–water partition coefficient (Wildman–Crippen LogP) is 2.66. The van der Waals surface area contributed by atoms with Crippen molar-refractivity contribution in [2.24, 2.45) is 0 Å². The molecule has 0 aliphatic carbocycles. The van der Waals surface area contributed by atoms with Crippen molar-refractivity contribution >= 4 is 17.6 Å². The highest BCUT2D eigenvalue weighted by Crippen LogP contribution is 2.19. The Kier molecular flexibility index (Phi) is 4.51. The van der Waals surface area contributed by atoms with E-state index in [9.17, 15) is 9.59 Å². The number of carbonyl (C=O) groups excluding carboxylic acids is 1. The molecule has 24 heavy (non-hydrogen) atoms. The van der Waals surface area contributed by atoms with Gasteiger partial charge in [-0.05, 0) is 36.8 Å². The SMILES string of the molecule is Cc1ccccc1C(=O)N1CCN(c2cccc(C(=O)O)c2)CC1. The van der Waals surface area contributed by atoms with Gasteiger partial charge in [0.05, 0.1) is 5.56 Å². The second kappa shape index (κ2) is 6.74. The molecule has 124 valence electrons. The molecule has 1 heterocycles. The molecule has 1 fully saturated rings. The van der Waals surface area contributed by atoms with Crippen LogP contribution in [0.2, 0.25) is 0 Å². The summed E-state index contributed by atoms with van der Waals surface area (Å²) in [5.74, 6) is -0.864. The first-order valence-corrected chi connectivity index (χ1v) is 7.99. The van der Waals surface area contributed by atoms with Crippen LogP contribution in [-0.4, -0.2) is 48.1 Å². The van der Waals surface area contributed by atoms with Crippen molar-refractivity contribution in [2.45, 2.75) is 6.92 Å². The fourth-order valence-electron chi connectivity index (χ4n) is 2.99. The molecule has 2 aromatic rings. The maximum absolute atomic E-state index is 12.6. The van der Waals surface area contributed by atoms with Gasteiger partial charge in [0.1, 0.15) is 0 Å². The molecular weight excluding hydrogens is 304 g/mol. The zero-order chi connectivity index (χ0) is 17.1. The maximum atomic E-state index is 12.6. The Balaban J connectivity index is 1.68. The summed E-state index contributed by atoms with van der Waals surface area (Å²) in [6.45, 7) is 4.59. The number of carbonyl (C=O) groups is 2. The molecule has 1 saturated heterocycles. The van der Waals surface area contributed by atoms with E-state index in [-0.39, 0.29) is 11.5 Å². The summed E-state index contributed by atoms with van der Waals surface area (Å²) >= 11 is 0. The van der Waals surface area contributed by atoms with Gasteiger partial charge in [-0.15, -0.1) is 0 Å². The van der Waals surface area contributed by atoms with Gasteiger partial charge in [-0.1, -0.05) is 24.3 Å². The molecule has 5 nitrogen and oxygen atoms in total. The lowest BCUT2D eigenvalue weighted by Gasteiger charge is -2.36. The second-order valence-corrected chi connectivity index (χ2v) is 5.95. The Bertz CT molecular complexity index is 765. The van der Waals surface area contributed by atoms with Crippen LogP contribution < -0.4 is 4.90 Å². The first-order valence-electron chi connectivity index (χ1n) is 7.99. The molecule has 5 heteroatoms. The van der Waals surface area contributed by atoms with Gasteiger partial charge in [-0.2, -0.15) is 0 Å². The number of benzene rings is 2. The number of aromatic carboxylic acids is 1. The van der Waals surface area contributed by atoms with Crippen LogP contribution in [0.15, 0.2) is 48.5 Å². The van der Waals surface area contributed by atoms with Crippen LogP contribution in [0.3, 0.4) is 0 Å². The average molecular weight is 324 g/mol. The summed E-state index contributed by atoms with van der Waals surface area (Å²) in [5.41, 5.74) is 2.90. The van der Waals surface area contributed by atoms with Crippen LogP contribution in [-0.2, 0) is 0 Å². The minimum Gasteiger partial charge on any atom is -0.478 e. The summed E-state index contributed by atoms with van der Waals surface area (Å²) in [5, 5.41) is 9.10. The van der Waals surface area contributed by atoms with Gasteiger partial charge in [-0.25, -0.2) is 4.79 Å². The van der Waals surface area contributed by atoms with Gasteiger partial charge in [0, 0.05) is 37.4 Å². The zero-order valence-electron chi connectivity index (χ0n) is 13.6. The predicted molar refractivity (Wildman–Crippen MR) is 92.7 cm³/mol. The lowest BCUT2D eigenvalue weighted by molar-refractivity contribution is 0.0696. The fraction of sp³-hybridized carbons (Fsp3) is 0.263. The smallest absolute Gasteiger partial charge is 0.335 e. The number of amides is 1. The second-order valence-electron chi connectivity index (χ2n) is 5.95. The molecule has 1 N–H and O–H groups in total. The minimum absolute atomic E-state index is 0.0621. The van der Waals surface area contributed by atoms with Crippen molar-refractivity contribution in [1.82, 2.24) is 4.90 Å². The van der Waals surface area contributed by atoms with E-state index in [4.69, 9.17) is 5.11 Å². The standard InChI is InChI=1S/C19H20N2O3/c1-14-5-2-3-8-17(14)18(22)21-11-9-20(10-12-21)16-7-4-6-15(13-16)19(23)24/h2-8,13H,9-12H2,1H3,(H,23,24). The normalized spacial score (nSPS) is 14.5. The van der Waals surface area contributed by atoms with Crippen LogP contribution in [0.5, 0.6) is 0 Å². The summed E-state index contributed by atoms with van der Waals surface area (Å²) in [4.78, 5) is 27.7. The Morgan fingerprint density at radius 2 is 1.67 bits per heavy atom. The average Bonchev–Trinajstić information content (AvgIpc) is 2.62. The molecule has 0 spiro atoms. The van der Waals surface area contributed by atoms with Crippen LogP contribution in [0, 0.1) is 6.92 Å². The third-order valence-corrected chi connectivity index (χ3v) is 4.40. The van der Waals surface area contributed by atoms with E-state index >= 15 is 0 Å². The van der Waals surface area contributed by atoms with Gasteiger partial charge >= 0.3 is 5.97 Å². The van der Waals surface area contributed by atoms with E-state index in [1.165, 1.54) is 0 Å². The molecule has 2 aromatic carbocycles. The van der Waals surface area contributed by atoms with Crippen molar-refractivity contribution in [1.29, 1.82) is 0 Å². The molecule has 3 rings (SSSR count). The van der Waals surface area contributed by atoms with E-state index in [0.29, 0.717) is 26.2 Å². The summed E-state index contributed by atoms with van der Waals surface area (Å²) < 4.78 is 0. The van der Waals surface area contributed by atoms with E-state index in [2.05, 4.69) is 4.90 Å². The molecule has 0 atom stereocenters. The van der Waals surface area contributed by atoms with Crippen molar-refractivity contribution in [3.05, 3.63) is 65.2 Å². The Morgan fingerprint density at radius 3 is 2.33 bits per heavy atom. The molecule has 0 bridgehead atoms. The number of aryl methyl sites for hydroxylation is 1. The van der Waals surface area contributed by atoms with Crippen LogP contribution >= 0.6 is 0 Å². The third-order valence-electron chi connectivity index (χ3n) is 4.40. The lowest BCUT2D eigenvalue weighted by Crippen LogP contribution is -2.49. The number of anilines is 1. The quantitative estimate of drug-likeness (QED) is 0.943. The van der Waals surface area contributed by atoms with Crippen molar-refractivity contribution in [2.75, 3.05) is 31.1 Å². The number of hydrogen-bond donors (Lipinski definition) is 1. The summed E-state index contributed by atoms with van der Waals surface area (Å²) in [7, 11) is 0. The van der Waals surface area contributed by atoms with E-state index in [1.54, 1.807) is 18.2 Å². The number of nitrogens with zero attached hydrogens (tertiary/aromatic N) is 2. The van der Waals surface area contributed by atoms with Gasteiger partial charge < -0.3 is 14.9 Å². The highest BCUT2D eigenvalue weighted by molar-refractivity contribution is 5.95. The molecule has 0 radical (unpaired) electrons. The topological polar surface area (TPSA) is 60.9 Å². The highest BCUT2D eigenvalue weighted by Gasteiger charge is 2.23. The van der Waals surface area contributed by atoms with Crippen molar-refractivity contribution in [3.8, 4) is 0 Å². The van der Waals surface area contributed by atoms with Crippen molar-refractivity contribution in [3.63, 3.8) is 0 Å². The fourth-order valence-corrected chi connectivity index (χ4v) is 2.99. The zero-order valence-corrected chi connectivity index (χ0v) is 13.6. The molecule has 0 aromatic heterocycles. The number of piperazine rings is 1. The molecule has 1 amide bonds. The largest absolute Gasteiger partial charge is 0.478 e. The summed E-state index contributed by atoms with van der Waals surface area (Å²) in [6, 6.07) is 14.6. The van der Waals surface area contributed by atoms with Crippen LogP contribution in [0.1, 0.15) is 26.3 Å². The van der Waals surface area contributed by atoms with Gasteiger partial charge in [-0.3, -0.25) is 4.79 Å². The number of carboxylic acids is 1. The third kappa shape index (κ3) is 3.25. The molecule has 1 aliphatic heterocycles. The van der Waals surface area contributed by atoms with E-state index in [1.807, 2.05) is 42.2 Å². The molecule has 0 unspecified atom stereocenters. The molecule has 0 saturated carbocycles. The number of carboxylic acid groups (broad SMARTS) is 1. The van der Waals surface area contributed by atoms with Crippen LogP contribution in [0.4, 0.5) is 5.69 Å². The Labute approximate surface area is 141 Å². The van der Waals surface area contributed by atoms with Gasteiger partial charge in [0.25, 0.3) is 5.91 Å². The Morgan fingerprint density at radius 1 is 0.958 bits per heavy atom. The van der Waals surface area contributed by atoms with Crippen molar-refractivity contribution < 1.29 is 14.7 Å². The maximum Gasteiger partial charge on any atom is 0.335 e. The number of rotatable bonds is 3. The monoisotopic (exact) mass is 324 g/mol. The van der Waals surface area contributed by atoms with E-state index in [0.717, 1.165) is 16.8 Å². The Hall–Kier alpha value is -2.82. The highest BCUT2D eigenvalue weighted by atomic mass is 16.4. The van der Waals surface area contributed by atoms with Gasteiger partial charge in [0.2, 0.25) is 0 Å². The summed E-state index contributed by atoms with van der Waals surface area (Å²) in [6.07, 6.45) is 0. The molecular formula is C19H20N2O3. The van der Waals surface area contributed by atoms with Crippen LogP contribution in [0.25, 0.3) is 0 Å². The van der Waals surface area contributed by atoms with Gasteiger partial charge in [0.15, 0.2) is 0 Å². The first-order chi connectivity index (χ1) is 11.6. The first kappa shape index (κ1) is 16.1. The lowest BCUT2D eigenvalue weighted by atomic mass is 10.1. The minimum atomic E-state index is -0.926. The number of hydrogen-bond acceptors (Lipinski definition) is 3.